The van der Waals surface area contributed by atoms with Crippen LogP contribution in [0.3, 0.4) is 0 Å². The van der Waals surface area contributed by atoms with Crippen molar-refractivity contribution in [2.24, 2.45) is 5.92 Å². The molecule has 190 valence electrons. The van der Waals surface area contributed by atoms with Gasteiger partial charge in [-0.1, -0.05) is 11.6 Å². The van der Waals surface area contributed by atoms with Gasteiger partial charge >= 0.3 is 0 Å². The molecule has 2 aliphatic heterocycles. The van der Waals surface area contributed by atoms with Crippen molar-refractivity contribution in [1.82, 2.24) is 14.2 Å². The molecule has 1 aromatic carbocycles. The zero-order chi connectivity index (χ0) is 25.3. The molecule has 2 aromatic rings. The highest BCUT2D eigenvalue weighted by Gasteiger charge is 2.38. The van der Waals surface area contributed by atoms with E-state index < -0.39 is 10.0 Å². The number of rotatable bonds is 6. The summed E-state index contributed by atoms with van der Waals surface area (Å²) >= 11 is 6.05. The number of sulfonamides is 1. The van der Waals surface area contributed by atoms with Crippen LogP contribution in [0.2, 0.25) is 5.02 Å². The lowest BCUT2D eigenvalue weighted by atomic mass is 9.97. The number of aromatic amines is 1. The molecule has 4 rings (SSSR count). The van der Waals surface area contributed by atoms with Gasteiger partial charge in [0.15, 0.2) is 0 Å². The van der Waals surface area contributed by atoms with Gasteiger partial charge in [0, 0.05) is 48.5 Å². The predicted molar refractivity (Wildman–Crippen MR) is 134 cm³/mol. The van der Waals surface area contributed by atoms with Gasteiger partial charge in [0.2, 0.25) is 15.9 Å². The molecule has 2 saturated heterocycles. The molecule has 35 heavy (non-hydrogen) atoms. The minimum Gasteiger partial charge on any atom is -0.495 e. The molecular formula is C24H31ClN4O5S. The number of hydrogen-bond donors (Lipinski definition) is 2. The first-order valence-corrected chi connectivity index (χ1v) is 13.6. The summed E-state index contributed by atoms with van der Waals surface area (Å²) < 4.78 is 34.0. The van der Waals surface area contributed by atoms with Crippen molar-refractivity contribution >= 4 is 39.1 Å². The molecule has 9 nitrogen and oxygen atoms in total. The van der Waals surface area contributed by atoms with E-state index in [1.54, 1.807) is 36.9 Å². The molecule has 2 fully saturated rings. The fraction of sp³-hybridized carbons (Fsp3) is 0.500. The number of amides is 2. The minimum absolute atomic E-state index is 0.0541. The van der Waals surface area contributed by atoms with Gasteiger partial charge in [-0.2, -0.15) is 4.31 Å². The number of aryl methyl sites for hydroxylation is 2. The molecule has 2 N–H and O–H groups in total. The van der Waals surface area contributed by atoms with E-state index >= 15 is 0 Å². The molecule has 0 unspecified atom stereocenters. The van der Waals surface area contributed by atoms with Crippen LogP contribution in [0.15, 0.2) is 23.1 Å². The Hall–Kier alpha value is -2.56. The molecule has 0 saturated carbocycles. The number of benzene rings is 1. The lowest BCUT2D eigenvalue weighted by Gasteiger charge is -2.31. The van der Waals surface area contributed by atoms with E-state index in [0.29, 0.717) is 53.8 Å². The number of ether oxygens (including phenoxy) is 1. The number of methoxy groups -OCH3 is 1. The summed E-state index contributed by atoms with van der Waals surface area (Å²) in [6, 6.07) is 4.97. The third kappa shape index (κ3) is 5.05. The number of halogens is 1. The van der Waals surface area contributed by atoms with Crippen LogP contribution in [0.4, 0.5) is 5.69 Å². The average Bonchev–Trinajstić information content (AvgIpc) is 3.47. The maximum absolute atomic E-state index is 13.7. The standard InChI is InChI=1S/C24H31ClN4O5S/c1-15-21(24(31)28-10-4-5-11-28)22(16(2)26-15)35(32,33)29-12-8-17(9-13-29)23(30)27-19-14-18(25)6-7-20(19)34-3/h6-7,14,17,26H,4-5,8-13H2,1-3H3,(H,27,30). The maximum Gasteiger partial charge on any atom is 0.257 e. The number of aromatic nitrogens is 1. The van der Waals surface area contributed by atoms with E-state index in [1.165, 1.54) is 11.4 Å². The molecule has 1 aromatic heterocycles. The summed E-state index contributed by atoms with van der Waals surface area (Å²) in [4.78, 5) is 30.9. The van der Waals surface area contributed by atoms with Crippen LogP contribution in [-0.2, 0) is 14.8 Å². The van der Waals surface area contributed by atoms with Crippen LogP contribution in [0.25, 0.3) is 0 Å². The number of nitrogens with zero attached hydrogens (tertiary/aromatic N) is 2. The molecule has 2 aliphatic rings. The van der Waals surface area contributed by atoms with Crippen LogP contribution in [0.1, 0.15) is 47.4 Å². The molecule has 3 heterocycles. The minimum atomic E-state index is -3.92. The first-order valence-electron chi connectivity index (χ1n) is 11.8. The molecule has 11 heteroatoms. The van der Waals surface area contributed by atoms with E-state index in [0.717, 1.165) is 12.8 Å². The molecule has 0 aliphatic carbocycles. The van der Waals surface area contributed by atoms with Crippen LogP contribution in [0, 0.1) is 19.8 Å². The highest BCUT2D eigenvalue weighted by molar-refractivity contribution is 7.89. The average molecular weight is 523 g/mol. The second-order valence-corrected chi connectivity index (χ2v) is 11.4. The smallest absolute Gasteiger partial charge is 0.257 e. The number of hydrogen-bond acceptors (Lipinski definition) is 5. The van der Waals surface area contributed by atoms with Crippen molar-refractivity contribution in [3.05, 3.63) is 40.2 Å². The number of carbonyl (C=O) groups is 2. The summed E-state index contributed by atoms with van der Waals surface area (Å²) in [5.74, 6) is -0.310. The number of piperidine rings is 1. The molecule has 0 radical (unpaired) electrons. The van der Waals surface area contributed by atoms with E-state index in [1.807, 2.05) is 0 Å². The number of carbonyl (C=O) groups excluding carboxylic acids is 2. The Morgan fingerprint density at radius 2 is 1.74 bits per heavy atom. The van der Waals surface area contributed by atoms with Gasteiger partial charge in [-0.05, 0) is 57.7 Å². The molecule has 0 bridgehead atoms. The zero-order valence-corrected chi connectivity index (χ0v) is 21.8. The van der Waals surface area contributed by atoms with E-state index in [2.05, 4.69) is 10.3 Å². The SMILES string of the molecule is COc1ccc(Cl)cc1NC(=O)C1CCN(S(=O)(=O)c2c(C)[nH]c(C)c2C(=O)N2CCCC2)CC1. The first-order chi connectivity index (χ1) is 16.6. The van der Waals surface area contributed by atoms with Crippen molar-refractivity contribution in [2.45, 2.75) is 44.4 Å². The third-order valence-corrected chi connectivity index (χ3v) is 9.07. The van der Waals surface area contributed by atoms with Crippen molar-refractivity contribution in [2.75, 3.05) is 38.6 Å². The summed E-state index contributed by atoms with van der Waals surface area (Å²) in [6.45, 7) is 5.07. The van der Waals surface area contributed by atoms with Crippen molar-refractivity contribution in [3.63, 3.8) is 0 Å². The molecule has 0 spiro atoms. The van der Waals surface area contributed by atoms with Crippen molar-refractivity contribution in [3.8, 4) is 5.75 Å². The molecule has 2 amide bonds. The normalized spacial score (nSPS) is 17.5. The Morgan fingerprint density at radius 3 is 2.37 bits per heavy atom. The van der Waals surface area contributed by atoms with Gasteiger partial charge in [0.05, 0.1) is 18.4 Å². The van der Waals surface area contributed by atoms with Crippen molar-refractivity contribution < 1.29 is 22.7 Å². The predicted octanol–water partition coefficient (Wildman–Crippen LogP) is 3.57. The topological polar surface area (TPSA) is 112 Å². The Labute approximate surface area is 210 Å². The van der Waals surface area contributed by atoms with E-state index in [9.17, 15) is 18.0 Å². The number of anilines is 1. The second kappa shape index (κ2) is 10.2. The Morgan fingerprint density at radius 1 is 1.09 bits per heavy atom. The second-order valence-electron chi connectivity index (χ2n) is 9.09. The van der Waals surface area contributed by atoms with Crippen LogP contribution < -0.4 is 10.1 Å². The van der Waals surface area contributed by atoms with E-state index in [4.69, 9.17) is 16.3 Å². The third-order valence-electron chi connectivity index (χ3n) is 6.77. The quantitative estimate of drug-likeness (QED) is 0.602. The number of nitrogens with one attached hydrogen (secondary N) is 2. The molecular weight excluding hydrogens is 492 g/mol. The highest BCUT2D eigenvalue weighted by atomic mass is 35.5. The van der Waals surface area contributed by atoms with Gasteiger partial charge in [0.25, 0.3) is 5.91 Å². The van der Waals surface area contributed by atoms with Crippen LogP contribution in [0.5, 0.6) is 5.75 Å². The first kappa shape index (κ1) is 25.5. The van der Waals surface area contributed by atoms with Gasteiger partial charge in [-0.25, -0.2) is 8.42 Å². The highest BCUT2D eigenvalue weighted by Crippen LogP contribution is 2.33. The van der Waals surface area contributed by atoms with Crippen LogP contribution in [-0.4, -0.2) is 67.7 Å². The summed E-state index contributed by atoms with van der Waals surface area (Å²) in [5.41, 5.74) is 1.72. The summed E-state index contributed by atoms with van der Waals surface area (Å²) in [5, 5.41) is 3.32. The van der Waals surface area contributed by atoms with E-state index in [-0.39, 0.29) is 41.3 Å². The zero-order valence-electron chi connectivity index (χ0n) is 20.2. The molecule has 0 atom stereocenters. The Kier molecular flexibility index (Phi) is 7.44. The number of likely N-dealkylation sites (tertiary alicyclic amines) is 1. The fourth-order valence-corrected chi connectivity index (χ4v) is 6.97. The summed E-state index contributed by atoms with van der Waals surface area (Å²) in [7, 11) is -2.41. The number of H-pyrrole nitrogens is 1. The largest absolute Gasteiger partial charge is 0.495 e. The van der Waals surface area contributed by atoms with Gasteiger partial charge < -0.3 is 19.9 Å². The van der Waals surface area contributed by atoms with Crippen molar-refractivity contribution in [1.29, 1.82) is 0 Å². The van der Waals surface area contributed by atoms with Gasteiger partial charge in [0.1, 0.15) is 10.6 Å². The van der Waals surface area contributed by atoms with Gasteiger partial charge in [-0.15, -0.1) is 0 Å². The lowest BCUT2D eigenvalue weighted by molar-refractivity contribution is -0.120. The van der Waals surface area contributed by atoms with Gasteiger partial charge in [-0.3, -0.25) is 9.59 Å². The van der Waals surface area contributed by atoms with Crippen LogP contribution >= 0.6 is 11.6 Å². The Balaban J connectivity index is 1.48. The lowest BCUT2D eigenvalue weighted by Crippen LogP contribution is -2.42. The Bertz CT molecular complexity index is 1230. The summed E-state index contributed by atoms with van der Waals surface area (Å²) in [6.07, 6.45) is 2.58. The maximum atomic E-state index is 13.7. The fourth-order valence-electron chi connectivity index (χ4n) is 4.92. The monoisotopic (exact) mass is 522 g/mol.